The van der Waals surface area contributed by atoms with Crippen molar-refractivity contribution in [3.05, 3.63) is 35.7 Å². The van der Waals surface area contributed by atoms with E-state index in [4.69, 9.17) is 4.52 Å². The monoisotopic (exact) mass is 287 g/mol. The molecule has 1 aliphatic rings. The summed E-state index contributed by atoms with van der Waals surface area (Å²) >= 11 is 0. The Kier molecular flexibility index (Phi) is 4.03. The van der Waals surface area contributed by atoms with E-state index < -0.39 is 0 Å². The van der Waals surface area contributed by atoms with Crippen LogP contribution in [0, 0.1) is 12.8 Å². The standard InChI is InChI=1S/C16H21N3O2/c1-11-4-3-5-13(8-11)16-17-15(21-18-16)10-19-7-6-14(9-19)12(2)20/h3-5,8,12,14,20H,6-7,9-10H2,1-2H3. The van der Waals surface area contributed by atoms with Crippen LogP contribution >= 0.6 is 0 Å². The quantitative estimate of drug-likeness (QED) is 0.934. The Hall–Kier alpha value is -1.72. The molecule has 5 heteroatoms. The van der Waals surface area contributed by atoms with E-state index >= 15 is 0 Å². The predicted molar refractivity (Wildman–Crippen MR) is 79.5 cm³/mol. The minimum Gasteiger partial charge on any atom is -0.393 e. The summed E-state index contributed by atoms with van der Waals surface area (Å²) in [5.74, 6) is 1.63. The summed E-state index contributed by atoms with van der Waals surface area (Å²) in [6, 6.07) is 8.08. The number of hydrogen-bond donors (Lipinski definition) is 1. The molecular formula is C16H21N3O2. The summed E-state index contributed by atoms with van der Waals surface area (Å²) in [5, 5.41) is 13.7. The van der Waals surface area contributed by atoms with Crippen molar-refractivity contribution >= 4 is 0 Å². The van der Waals surface area contributed by atoms with Gasteiger partial charge in [0.2, 0.25) is 11.7 Å². The van der Waals surface area contributed by atoms with Gasteiger partial charge in [-0.25, -0.2) is 0 Å². The zero-order valence-electron chi connectivity index (χ0n) is 12.5. The number of aryl methyl sites for hydroxylation is 1. The van der Waals surface area contributed by atoms with Gasteiger partial charge >= 0.3 is 0 Å². The van der Waals surface area contributed by atoms with Crippen molar-refractivity contribution in [2.45, 2.75) is 32.9 Å². The van der Waals surface area contributed by atoms with Crippen LogP contribution in [-0.2, 0) is 6.54 Å². The minimum absolute atomic E-state index is 0.249. The van der Waals surface area contributed by atoms with Gasteiger partial charge in [-0.3, -0.25) is 4.90 Å². The molecule has 1 aromatic carbocycles. The molecule has 0 spiro atoms. The van der Waals surface area contributed by atoms with Crippen molar-refractivity contribution in [2.24, 2.45) is 5.92 Å². The highest BCUT2D eigenvalue weighted by Gasteiger charge is 2.27. The number of benzene rings is 1. The van der Waals surface area contributed by atoms with E-state index in [2.05, 4.69) is 15.0 Å². The first-order chi connectivity index (χ1) is 10.1. The van der Waals surface area contributed by atoms with Crippen molar-refractivity contribution in [3.8, 4) is 11.4 Å². The van der Waals surface area contributed by atoms with Gasteiger partial charge < -0.3 is 9.63 Å². The lowest BCUT2D eigenvalue weighted by atomic mass is 10.0. The van der Waals surface area contributed by atoms with Crippen LogP contribution in [-0.4, -0.2) is 39.3 Å². The first-order valence-corrected chi connectivity index (χ1v) is 7.42. The number of nitrogens with zero attached hydrogens (tertiary/aromatic N) is 3. The van der Waals surface area contributed by atoms with Crippen molar-refractivity contribution in [3.63, 3.8) is 0 Å². The number of hydrogen-bond acceptors (Lipinski definition) is 5. The Labute approximate surface area is 124 Å². The summed E-state index contributed by atoms with van der Waals surface area (Å²) < 4.78 is 5.35. The van der Waals surface area contributed by atoms with Gasteiger partial charge in [0.1, 0.15) is 0 Å². The molecule has 1 saturated heterocycles. The Balaban J connectivity index is 1.66. The lowest BCUT2D eigenvalue weighted by molar-refractivity contribution is 0.125. The zero-order valence-corrected chi connectivity index (χ0v) is 12.5. The first-order valence-electron chi connectivity index (χ1n) is 7.42. The molecule has 2 unspecified atom stereocenters. The lowest BCUT2D eigenvalue weighted by Crippen LogP contribution is -2.24. The zero-order chi connectivity index (χ0) is 14.8. The molecule has 1 aliphatic heterocycles. The van der Waals surface area contributed by atoms with Crippen molar-refractivity contribution < 1.29 is 9.63 Å². The third-order valence-corrected chi connectivity index (χ3v) is 4.09. The molecule has 0 radical (unpaired) electrons. The molecule has 1 fully saturated rings. The fraction of sp³-hybridized carbons (Fsp3) is 0.500. The van der Waals surface area contributed by atoms with Crippen LogP contribution in [0.5, 0.6) is 0 Å². The normalized spacial score (nSPS) is 20.8. The van der Waals surface area contributed by atoms with E-state index in [0.29, 0.717) is 24.2 Å². The van der Waals surface area contributed by atoms with Crippen molar-refractivity contribution in [2.75, 3.05) is 13.1 Å². The molecule has 0 bridgehead atoms. The van der Waals surface area contributed by atoms with Gasteiger partial charge in [0, 0.05) is 12.1 Å². The van der Waals surface area contributed by atoms with E-state index in [9.17, 15) is 5.11 Å². The number of aromatic nitrogens is 2. The van der Waals surface area contributed by atoms with Crippen molar-refractivity contribution in [1.82, 2.24) is 15.0 Å². The molecule has 0 amide bonds. The minimum atomic E-state index is -0.249. The van der Waals surface area contributed by atoms with Crippen LogP contribution in [0.1, 0.15) is 24.8 Å². The summed E-state index contributed by atoms with van der Waals surface area (Å²) in [6.07, 6.45) is 0.775. The third kappa shape index (κ3) is 3.31. The Morgan fingerprint density at radius 2 is 2.33 bits per heavy atom. The maximum atomic E-state index is 9.64. The summed E-state index contributed by atoms with van der Waals surface area (Å²) in [5.41, 5.74) is 2.16. The predicted octanol–water partition coefficient (Wildman–Crippen LogP) is 2.25. The summed E-state index contributed by atoms with van der Waals surface area (Å²) in [6.45, 7) is 6.42. The summed E-state index contributed by atoms with van der Waals surface area (Å²) in [4.78, 5) is 6.73. The molecule has 0 aliphatic carbocycles. The molecule has 112 valence electrons. The number of aliphatic hydroxyl groups excluding tert-OH is 1. The average molecular weight is 287 g/mol. The topological polar surface area (TPSA) is 62.4 Å². The fourth-order valence-electron chi connectivity index (χ4n) is 2.81. The smallest absolute Gasteiger partial charge is 0.241 e. The van der Waals surface area contributed by atoms with Gasteiger partial charge in [-0.1, -0.05) is 28.9 Å². The second kappa shape index (κ2) is 5.95. The van der Waals surface area contributed by atoms with Gasteiger partial charge in [-0.2, -0.15) is 4.98 Å². The van der Waals surface area contributed by atoms with Crippen LogP contribution in [0.4, 0.5) is 0 Å². The van der Waals surface area contributed by atoms with E-state index in [1.807, 2.05) is 38.1 Å². The van der Waals surface area contributed by atoms with Crippen LogP contribution in [0.2, 0.25) is 0 Å². The van der Waals surface area contributed by atoms with Crippen LogP contribution in [0.15, 0.2) is 28.8 Å². The molecule has 3 rings (SSSR count). The van der Waals surface area contributed by atoms with Crippen LogP contribution < -0.4 is 0 Å². The second-order valence-corrected chi connectivity index (χ2v) is 5.91. The SMILES string of the molecule is Cc1cccc(-c2noc(CN3CCC(C(C)O)C3)n2)c1. The van der Waals surface area contributed by atoms with Crippen LogP contribution in [0.3, 0.4) is 0 Å². The van der Waals surface area contributed by atoms with E-state index in [0.717, 1.165) is 25.1 Å². The molecule has 1 N–H and O–H groups in total. The first kappa shape index (κ1) is 14.2. The highest BCUT2D eigenvalue weighted by molar-refractivity contribution is 5.55. The highest BCUT2D eigenvalue weighted by atomic mass is 16.5. The maximum Gasteiger partial charge on any atom is 0.241 e. The Morgan fingerprint density at radius 1 is 1.48 bits per heavy atom. The van der Waals surface area contributed by atoms with Gasteiger partial charge in [-0.15, -0.1) is 0 Å². The fourth-order valence-corrected chi connectivity index (χ4v) is 2.81. The van der Waals surface area contributed by atoms with Gasteiger partial charge in [0.05, 0.1) is 12.6 Å². The van der Waals surface area contributed by atoms with Gasteiger partial charge in [-0.05, 0) is 38.8 Å². The third-order valence-electron chi connectivity index (χ3n) is 4.09. The van der Waals surface area contributed by atoms with E-state index in [1.165, 1.54) is 5.56 Å². The molecule has 21 heavy (non-hydrogen) atoms. The largest absolute Gasteiger partial charge is 0.393 e. The Morgan fingerprint density at radius 3 is 3.05 bits per heavy atom. The Bertz CT molecular complexity index is 609. The lowest BCUT2D eigenvalue weighted by Gasteiger charge is -2.15. The number of rotatable bonds is 4. The molecule has 2 heterocycles. The second-order valence-electron chi connectivity index (χ2n) is 5.91. The summed E-state index contributed by atoms with van der Waals surface area (Å²) in [7, 11) is 0. The average Bonchev–Trinajstić information content (AvgIpc) is 3.08. The molecular weight excluding hydrogens is 266 g/mol. The highest BCUT2D eigenvalue weighted by Crippen LogP contribution is 2.22. The van der Waals surface area contributed by atoms with E-state index in [1.54, 1.807) is 0 Å². The van der Waals surface area contributed by atoms with E-state index in [-0.39, 0.29) is 6.10 Å². The molecule has 1 aromatic heterocycles. The molecule has 5 nitrogen and oxygen atoms in total. The number of aliphatic hydroxyl groups is 1. The maximum absolute atomic E-state index is 9.64. The van der Waals surface area contributed by atoms with Gasteiger partial charge in [0.25, 0.3) is 0 Å². The van der Waals surface area contributed by atoms with Crippen molar-refractivity contribution in [1.29, 1.82) is 0 Å². The molecule has 2 aromatic rings. The number of likely N-dealkylation sites (tertiary alicyclic amines) is 1. The molecule has 0 saturated carbocycles. The molecule has 2 atom stereocenters. The van der Waals surface area contributed by atoms with Crippen LogP contribution in [0.25, 0.3) is 11.4 Å². The van der Waals surface area contributed by atoms with Gasteiger partial charge in [0.15, 0.2) is 0 Å².